The first-order valence-corrected chi connectivity index (χ1v) is 9.59. The molecule has 146 valence electrons. The number of benzene rings is 1. The van der Waals surface area contributed by atoms with E-state index in [9.17, 15) is 4.79 Å². The van der Waals surface area contributed by atoms with E-state index in [1.165, 1.54) is 11.1 Å². The van der Waals surface area contributed by atoms with Crippen molar-refractivity contribution < 1.29 is 9.32 Å². The van der Waals surface area contributed by atoms with E-state index in [4.69, 9.17) is 4.52 Å². The van der Waals surface area contributed by atoms with Gasteiger partial charge in [0.1, 0.15) is 0 Å². The van der Waals surface area contributed by atoms with Crippen LogP contribution in [0.4, 0.5) is 0 Å². The molecule has 7 heteroatoms. The number of aromatic nitrogens is 2. The summed E-state index contributed by atoms with van der Waals surface area (Å²) in [7, 11) is 1.90. The van der Waals surface area contributed by atoms with Gasteiger partial charge in [-0.15, -0.1) is 0 Å². The number of nitrogens with zero attached hydrogens (tertiary/aromatic N) is 5. The summed E-state index contributed by atoms with van der Waals surface area (Å²) in [5, 5.41) is 3.89. The van der Waals surface area contributed by atoms with Gasteiger partial charge in [0.15, 0.2) is 5.82 Å². The van der Waals surface area contributed by atoms with Gasteiger partial charge in [-0.2, -0.15) is 4.98 Å². The average molecular weight is 371 g/mol. The third-order valence-electron chi connectivity index (χ3n) is 4.85. The van der Waals surface area contributed by atoms with E-state index in [1.54, 1.807) is 0 Å². The lowest BCUT2D eigenvalue weighted by atomic mass is 10.1. The van der Waals surface area contributed by atoms with E-state index in [-0.39, 0.29) is 5.91 Å². The maximum Gasteiger partial charge on any atom is 0.240 e. The maximum absolute atomic E-state index is 12.6. The fourth-order valence-corrected chi connectivity index (χ4v) is 3.34. The van der Waals surface area contributed by atoms with Crippen molar-refractivity contribution in [3.8, 4) is 0 Å². The summed E-state index contributed by atoms with van der Waals surface area (Å²) in [4.78, 5) is 23.1. The Morgan fingerprint density at radius 3 is 2.70 bits per heavy atom. The molecule has 7 nitrogen and oxygen atoms in total. The van der Waals surface area contributed by atoms with Crippen molar-refractivity contribution in [1.82, 2.24) is 24.8 Å². The topological polar surface area (TPSA) is 65.7 Å². The van der Waals surface area contributed by atoms with E-state index in [0.29, 0.717) is 24.8 Å². The monoisotopic (exact) mass is 371 g/mol. The van der Waals surface area contributed by atoms with Crippen molar-refractivity contribution in [2.75, 3.05) is 39.8 Å². The molecule has 1 fully saturated rings. The summed E-state index contributed by atoms with van der Waals surface area (Å²) in [6.07, 6.45) is 0.749. The molecule has 0 atom stereocenters. The van der Waals surface area contributed by atoms with Crippen LogP contribution >= 0.6 is 0 Å². The Kier molecular flexibility index (Phi) is 6.58. The lowest BCUT2D eigenvalue weighted by molar-refractivity contribution is -0.134. The molecule has 1 aliphatic heterocycles. The number of aryl methyl sites for hydroxylation is 2. The van der Waals surface area contributed by atoms with E-state index in [1.807, 2.05) is 23.8 Å². The molecule has 1 aromatic heterocycles. The van der Waals surface area contributed by atoms with E-state index in [2.05, 4.69) is 46.2 Å². The lowest BCUT2D eigenvalue weighted by Gasteiger charge is -2.35. The Hall–Kier alpha value is -2.25. The van der Waals surface area contributed by atoms with Crippen molar-refractivity contribution in [3.05, 3.63) is 47.1 Å². The van der Waals surface area contributed by atoms with Crippen LogP contribution in [-0.4, -0.2) is 70.5 Å². The van der Waals surface area contributed by atoms with Gasteiger partial charge in [0.25, 0.3) is 0 Å². The molecule has 0 saturated carbocycles. The number of likely N-dealkylation sites (N-methyl/N-ethyl adjacent to an activating group) is 1. The number of amides is 1. The van der Waals surface area contributed by atoms with E-state index >= 15 is 0 Å². The van der Waals surface area contributed by atoms with E-state index in [0.717, 1.165) is 39.1 Å². The Labute approximate surface area is 160 Å². The van der Waals surface area contributed by atoms with Gasteiger partial charge in [-0.05, 0) is 19.5 Å². The van der Waals surface area contributed by atoms with Crippen LogP contribution in [0.2, 0.25) is 0 Å². The van der Waals surface area contributed by atoms with Gasteiger partial charge in [-0.25, -0.2) is 0 Å². The predicted octanol–water partition coefficient (Wildman–Crippen LogP) is 1.72. The number of rotatable bonds is 7. The largest absolute Gasteiger partial charge is 0.339 e. The highest BCUT2D eigenvalue weighted by atomic mass is 16.5. The first kappa shape index (κ1) is 19.5. The number of hydrogen-bond donors (Lipinski definition) is 0. The van der Waals surface area contributed by atoms with Gasteiger partial charge in [0, 0.05) is 39.1 Å². The number of hydrogen-bond acceptors (Lipinski definition) is 6. The van der Waals surface area contributed by atoms with Crippen LogP contribution in [0, 0.1) is 6.92 Å². The zero-order chi connectivity index (χ0) is 19.2. The number of piperazine rings is 1. The third kappa shape index (κ3) is 5.61. The van der Waals surface area contributed by atoms with Gasteiger partial charge < -0.3 is 9.42 Å². The molecule has 0 bridgehead atoms. The minimum Gasteiger partial charge on any atom is -0.339 e. The molecule has 0 radical (unpaired) electrons. The van der Waals surface area contributed by atoms with Crippen LogP contribution < -0.4 is 0 Å². The fraction of sp³-hybridized carbons (Fsp3) is 0.550. The summed E-state index contributed by atoms with van der Waals surface area (Å²) in [6, 6.07) is 8.62. The third-order valence-corrected chi connectivity index (χ3v) is 4.85. The van der Waals surface area contributed by atoms with Gasteiger partial charge in [0.2, 0.25) is 11.8 Å². The Bertz CT molecular complexity index is 752. The molecule has 0 spiro atoms. The van der Waals surface area contributed by atoms with Gasteiger partial charge in [0.05, 0.1) is 13.1 Å². The number of carbonyl (C=O) groups excluding carboxylic acids is 1. The Morgan fingerprint density at radius 2 is 2.04 bits per heavy atom. The van der Waals surface area contributed by atoms with Crippen LogP contribution in [0.5, 0.6) is 0 Å². The highest BCUT2D eigenvalue weighted by Gasteiger charge is 2.22. The van der Waals surface area contributed by atoms with Crippen LogP contribution in [0.1, 0.15) is 29.8 Å². The second kappa shape index (κ2) is 9.10. The van der Waals surface area contributed by atoms with Crippen LogP contribution in [0.15, 0.2) is 28.8 Å². The molecular weight excluding hydrogens is 342 g/mol. The smallest absolute Gasteiger partial charge is 0.240 e. The zero-order valence-electron chi connectivity index (χ0n) is 16.5. The van der Waals surface area contributed by atoms with Crippen molar-refractivity contribution >= 4 is 5.91 Å². The second-order valence-electron chi connectivity index (χ2n) is 7.28. The molecule has 0 aliphatic carbocycles. The molecule has 1 amide bonds. The van der Waals surface area contributed by atoms with Crippen molar-refractivity contribution in [2.45, 2.75) is 33.4 Å². The molecule has 0 N–H and O–H groups in total. The standard InChI is InChI=1S/C20H29N5O2/c1-4-18-21-19(27-22-18)14-23(3)15-20(26)25-10-8-24(9-11-25)13-17-7-5-6-16(2)12-17/h5-7,12H,4,8-11,13-15H2,1-3H3. The number of carbonyl (C=O) groups is 1. The highest BCUT2D eigenvalue weighted by molar-refractivity contribution is 5.78. The summed E-state index contributed by atoms with van der Waals surface area (Å²) in [6.45, 7) is 9.28. The highest BCUT2D eigenvalue weighted by Crippen LogP contribution is 2.11. The molecule has 2 heterocycles. The lowest BCUT2D eigenvalue weighted by Crippen LogP contribution is -2.50. The molecule has 1 aromatic carbocycles. The predicted molar refractivity (Wildman–Crippen MR) is 103 cm³/mol. The average Bonchev–Trinajstić information content (AvgIpc) is 3.09. The van der Waals surface area contributed by atoms with Gasteiger partial charge in [-0.3, -0.25) is 14.6 Å². The normalized spacial score (nSPS) is 15.5. The molecule has 3 rings (SSSR count). The fourth-order valence-electron chi connectivity index (χ4n) is 3.34. The van der Waals surface area contributed by atoms with Crippen LogP contribution in [-0.2, 0) is 24.3 Å². The first-order valence-electron chi connectivity index (χ1n) is 9.59. The van der Waals surface area contributed by atoms with Crippen molar-refractivity contribution in [1.29, 1.82) is 0 Å². The van der Waals surface area contributed by atoms with Crippen molar-refractivity contribution in [2.24, 2.45) is 0 Å². The molecule has 1 aliphatic rings. The molecule has 27 heavy (non-hydrogen) atoms. The molecular formula is C20H29N5O2. The molecule has 2 aromatic rings. The Morgan fingerprint density at radius 1 is 1.26 bits per heavy atom. The van der Waals surface area contributed by atoms with Crippen LogP contribution in [0.25, 0.3) is 0 Å². The summed E-state index contributed by atoms with van der Waals surface area (Å²) in [5.74, 6) is 1.42. The van der Waals surface area contributed by atoms with Crippen LogP contribution in [0.3, 0.4) is 0 Å². The molecule has 0 unspecified atom stereocenters. The van der Waals surface area contributed by atoms with Gasteiger partial charge >= 0.3 is 0 Å². The minimum absolute atomic E-state index is 0.155. The summed E-state index contributed by atoms with van der Waals surface area (Å²) < 4.78 is 5.20. The van der Waals surface area contributed by atoms with E-state index < -0.39 is 0 Å². The summed E-state index contributed by atoms with van der Waals surface area (Å²) >= 11 is 0. The minimum atomic E-state index is 0.155. The first-order chi connectivity index (χ1) is 13.0. The molecule has 1 saturated heterocycles. The zero-order valence-corrected chi connectivity index (χ0v) is 16.5. The Balaban J connectivity index is 1.42. The quantitative estimate of drug-likeness (QED) is 0.738. The second-order valence-corrected chi connectivity index (χ2v) is 7.28. The SMILES string of the molecule is CCc1noc(CN(C)CC(=O)N2CCN(Cc3cccc(C)c3)CC2)n1. The summed E-state index contributed by atoms with van der Waals surface area (Å²) in [5.41, 5.74) is 2.62. The van der Waals surface area contributed by atoms with Crippen molar-refractivity contribution in [3.63, 3.8) is 0 Å². The van der Waals surface area contributed by atoms with Gasteiger partial charge in [-0.1, -0.05) is 41.9 Å². The maximum atomic E-state index is 12.6.